The molecule has 1 aliphatic heterocycles. The second-order valence-electron chi connectivity index (χ2n) is 5.91. The Morgan fingerprint density at radius 2 is 2.00 bits per heavy atom. The number of hydrogen-bond acceptors (Lipinski definition) is 8. The van der Waals surface area contributed by atoms with Gasteiger partial charge in [0.2, 0.25) is 5.65 Å². The van der Waals surface area contributed by atoms with Crippen LogP contribution in [0.3, 0.4) is 0 Å². The number of rotatable bonds is 4. The highest BCUT2D eigenvalue weighted by Crippen LogP contribution is 2.22. The third kappa shape index (κ3) is 3.01. The monoisotopic (exact) mass is 388 g/mol. The second-order valence-corrected chi connectivity index (χ2v) is 7.13. The van der Waals surface area contributed by atoms with Gasteiger partial charge >= 0.3 is 11.6 Å². The van der Waals surface area contributed by atoms with Gasteiger partial charge in [0.25, 0.3) is 11.6 Å². The van der Waals surface area contributed by atoms with E-state index in [0.29, 0.717) is 17.3 Å². The Morgan fingerprint density at radius 1 is 1.22 bits per heavy atom. The average Bonchev–Trinajstić information content (AvgIpc) is 3.26. The van der Waals surface area contributed by atoms with Crippen LogP contribution in [-0.4, -0.2) is 74.8 Å². The molecule has 0 spiro atoms. The van der Waals surface area contributed by atoms with Crippen LogP contribution in [0.15, 0.2) is 18.3 Å². The smallest absolute Gasteiger partial charge is 0.358 e. The van der Waals surface area contributed by atoms with Crippen molar-refractivity contribution in [2.75, 3.05) is 24.6 Å². The van der Waals surface area contributed by atoms with Gasteiger partial charge < -0.3 is 10.1 Å². The third-order valence-corrected chi connectivity index (χ3v) is 5.31. The number of hydrogen-bond donors (Lipinski definition) is 0. The molecular weight excluding hydrogens is 370 g/mol. The summed E-state index contributed by atoms with van der Waals surface area (Å²) in [5.41, 5.74) is 0.546. The number of aromatic nitrogens is 6. The molecule has 0 unspecified atom stereocenters. The van der Waals surface area contributed by atoms with E-state index in [0.717, 1.165) is 30.4 Å². The van der Waals surface area contributed by atoms with Crippen LogP contribution in [0, 0.1) is 10.1 Å². The molecule has 1 fully saturated rings. The minimum absolute atomic E-state index is 0.118. The molecule has 3 aromatic rings. The molecule has 0 bridgehead atoms. The second kappa shape index (κ2) is 6.95. The summed E-state index contributed by atoms with van der Waals surface area (Å²) in [5.74, 6) is 3.44. The summed E-state index contributed by atoms with van der Waals surface area (Å²) in [6.45, 7) is 3.84. The fourth-order valence-electron chi connectivity index (χ4n) is 3.03. The number of hydrazine groups is 1. The van der Waals surface area contributed by atoms with Gasteiger partial charge in [0.1, 0.15) is 6.20 Å². The first-order valence-electron chi connectivity index (χ1n) is 8.40. The van der Waals surface area contributed by atoms with Crippen molar-refractivity contribution in [3.8, 4) is 11.6 Å². The van der Waals surface area contributed by atoms with E-state index in [1.165, 1.54) is 10.8 Å². The van der Waals surface area contributed by atoms with E-state index in [-0.39, 0.29) is 5.82 Å². The van der Waals surface area contributed by atoms with E-state index in [1.807, 2.05) is 41.7 Å². The summed E-state index contributed by atoms with van der Waals surface area (Å²) < 4.78 is 4.96. The van der Waals surface area contributed by atoms with Gasteiger partial charge in [0.15, 0.2) is 0 Å². The molecule has 1 aliphatic rings. The van der Waals surface area contributed by atoms with Crippen molar-refractivity contribution in [2.45, 2.75) is 6.92 Å². The molecule has 12 heteroatoms. The number of imidazole rings is 1. The standard InChI is InChI=1S/C15H18N9O2S/c1-3-22(21-6-8-27-9-7-21)12-5-4-11-17-18-15(23(11)19-12)14-16-10-13(20(14)2)24(25)26/h3-5,10H,6-9H2,1-2H3/q+1. The highest BCUT2D eigenvalue weighted by molar-refractivity contribution is 7.99. The maximum absolute atomic E-state index is 11.1. The number of hydrazone groups is 1. The highest BCUT2D eigenvalue weighted by atomic mass is 32.2. The maximum Gasteiger partial charge on any atom is 0.371 e. The van der Waals surface area contributed by atoms with Crippen LogP contribution >= 0.6 is 11.8 Å². The van der Waals surface area contributed by atoms with Crippen LogP contribution in [-0.2, 0) is 7.05 Å². The van der Waals surface area contributed by atoms with E-state index in [2.05, 4.69) is 25.3 Å². The Balaban J connectivity index is 1.78. The van der Waals surface area contributed by atoms with Crippen LogP contribution in [0.25, 0.3) is 17.3 Å². The van der Waals surface area contributed by atoms with Crippen molar-refractivity contribution >= 4 is 35.3 Å². The van der Waals surface area contributed by atoms with Crippen molar-refractivity contribution in [3.05, 3.63) is 28.4 Å². The van der Waals surface area contributed by atoms with Crippen LogP contribution in [0.4, 0.5) is 11.6 Å². The van der Waals surface area contributed by atoms with Crippen LogP contribution in [0.1, 0.15) is 6.92 Å². The quantitative estimate of drug-likeness (QED) is 0.283. The lowest BCUT2D eigenvalue weighted by Crippen LogP contribution is -2.39. The molecule has 0 saturated carbocycles. The molecule has 3 aromatic heterocycles. The molecule has 0 amide bonds. The first-order chi connectivity index (χ1) is 13.1. The highest BCUT2D eigenvalue weighted by Gasteiger charge is 2.27. The number of nitro groups is 1. The largest absolute Gasteiger partial charge is 0.371 e. The molecule has 0 radical (unpaired) electrons. The molecular formula is C15H18N9O2S+. The molecule has 27 heavy (non-hydrogen) atoms. The lowest BCUT2D eigenvalue weighted by Gasteiger charge is -2.26. The third-order valence-electron chi connectivity index (χ3n) is 4.37. The fourth-order valence-corrected chi connectivity index (χ4v) is 3.91. The molecule has 0 N–H and O–H groups in total. The Hall–Kier alpha value is -3.02. The predicted octanol–water partition coefficient (Wildman–Crippen LogP) is 1.13. The van der Waals surface area contributed by atoms with E-state index in [1.54, 1.807) is 11.6 Å². The van der Waals surface area contributed by atoms with Crippen LogP contribution in [0.2, 0.25) is 0 Å². The van der Waals surface area contributed by atoms with Crippen molar-refractivity contribution in [1.29, 1.82) is 0 Å². The molecule has 4 heterocycles. The van der Waals surface area contributed by atoms with Gasteiger partial charge in [-0.15, -0.1) is 14.9 Å². The van der Waals surface area contributed by atoms with Gasteiger partial charge in [0, 0.05) is 17.6 Å². The van der Waals surface area contributed by atoms with Crippen molar-refractivity contribution < 1.29 is 9.61 Å². The number of fused-ring (bicyclic) bond motifs is 1. The lowest BCUT2D eigenvalue weighted by atomic mass is 10.5. The summed E-state index contributed by atoms with van der Waals surface area (Å²) in [7, 11) is 1.57. The molecule has 0 aliphatic carbocycles. The number of thioether (sulfide) groups is 1. The minimum Gasteiger partial charge on any atom is -0.358 e. The topological polar surface area (TPSA) is 110 Å². The van der Waals surface area contributed by atoms with Gasteiger partial charge in [-0.25, -0.2) is 14.6 Å². The molecule has 0 aromatic carbocycles. The Morgan fingerprint density at radius 3 is 2.67 bits per heavy atom. The lowest BCUT2D eigenvalue weighted by molar-refractivity contribution is -0.622. The van der Waals surface area contributed by atoms with Crippen molar-refractivity contribution in [1.82, 2.24) is 34.4 Å². The normalized spacial score (nSPS) is 15.5. The van der Waals surface area contributed by atoms with E-state index in [4.69, 9.17) is 0 Å². The van der Waals surface area contributed by atoms with Gasteiger partial charge in [-0.3, -0.25) is 0 Å². The summed E-state index contributed by atoms with van der Waals surface area (Å²) in [4.78, 5) is 14.7. The predicted molar refractivity (Wildman–Crippen MR) is 100 cm³/mol. The molecule has 140 valence electrons. The van der Waals surface area contributed by atoms with Crippen LogP contribution < -0.4 is 0 Å². The SMILES string of the molecule is CC=[N+](c1ccc2nnc(-c3ncc([N+](=O)[O-])n3C)n2n1)N1CCSCC1. The molecule has 11 nitrogen and oxygen atoms in total. The van der Waals surface area contributed by atoms with Gasteiger partial charge in [-0.05, 0) is 17.9 Å². The van der Waals surface area contributed by atoms with E-state index < -0.39 is 4.92 Å². The summed E-state index contributed by atoms with van der Waals surface area (Å²) in [6.07, 6.45) is 3.18. The fraction of sp³-hybridized carbons (Fsp3) is 0.400. The molecule has 1 saturated heterocycles. The summed E-state index contributed by atoms with van der Waals surface area (Å²) in [6, 6.07) is 3.71. The molecule has 0 atom stereocenters. The van der Waals surface area contributed by atoms with Crippen LogP contribution in [0.5, 0.6) is 0 Å². The first-order valence-corrected chi connectivity index (χ1v) is 9.56. The summed E-state index contributed by atoms with van der Waals surface area (Å²) in [5, 5.41) is 26.2. The van der Waals surface area contributed by atoms with E-state index in [9.17, 15) is 10.1 Å². The molecule has 4 rings (SSSR count). The maximum atomic E-state index is 11.1. The zero-order valence-electron chi connectivity index (χ0n) is 14.9. The van der Waals surface area contributed by atoms with Gasteiger partial charge in [-0.2, -0.15) is 11.8 Å². The average molecular weight is 388 g/mol. The van der Waals surface area contributed by atoms with Gasteiger partial charge in [0.05, 0.1) is 31.5 Å². The Labute approximate surface area is 158 Å². The van der Waals surface area contributed by atoms with Crippen molar-refractivity contribution in [2.24, 2.45) is 7.05 Å². The Bertz CT molecular complexity index is 1040. The zero-order valence-corrected chi connectivity index (χ0v) is 15.7. The number of nitrogens with zero attached hydrogens (tertiary/aromatic N) is 9. The zero-order chi connectivity index (χ0) is 19.0. The van der Waals surface area contributed by atoms with Crippen molar-refractivity contribution in [3.63, 3.8) is 0 Å². The van der Waals surface area contributed by atoms with Gasteiger partial charge in [-0.1, -0.05) is 4.52 Å². The Kier molecular flexibility index (Phi) is 4.48. The summed E-state index contributed by atoms with van der Waals surface area (Å²) >= 11 is 1.94. The first kappa shape index (κ1) is 17.4. The van der Waals surface area contributed by atoms with E-state index >= 15 is 0 Å². The minimum atomic E-state index is -0.485.